The first-order chi connectivity index (χ1) is 12.8. The van der Waals surface area contributed by atoms with Gasteiger partial charge in [0.05, 0.1) is 14.2 Å². The van der Waals surface area contributed by atoms with Crippen LogP contribution in [0.25, 0.3) is 0 Å². The number of methoxy groups -OCH3 is 2. The van der Waals surface area contributed by atoms with Crippen LogP contribution >= 0.6 is 0 Å². The molecule has 26 heavy (non-hydrogen) atoms. The normalized spacial score (nSPS) is 16.0. The lowest BCUT2D eigenvalue weighted by Gasteiger charge is -2.20. The third kappa shape index (κ3) is 6.75. The van der Waals surface area contributed by atoms with Crippen LogP contribution in [-0.2, 0) is 6.42 Å². The molecule has 0 aliphatic carbocycles. The number of likely N-dealkylation sites (tertiary alicyclic amines) is 1. The fraction of sp³-hybridized carbons (Fsp3) is 0.650. The molecule has 2 N–H and O–H groups in total. The standard InChI is InChI=1S/C20H34N4O2/c1-21-20(23-12-15-24-13-6-4-5-7-14-24)22-11-10-17-8-9-18(25-2)19(16-17)26-3/h8-9,16H,4-7,10-15H2,1-3H3,(H2,21,22,23). The summed E-state index contributed by atoms with van der Waals surface area (Å²) in [5, 5.41) is 6.80. The molecule has 6 nitrogen and oxygen atoms in total. The van der Waals surface area contributed by atoms with Crippen molar-refractivity contribution < 1.29 is 9.47 Å². The van der Waals surface area contributed by atoms with Gasteiger partial charge in [-0.05, 0) is 50.0 Å². The van der Waals surface area contributed by atoms with Crippen molar-refractivity contribution in [3.63, 3.8) is 0 Å². The molecule has 0 atom stereocenters. The van der Waals surface area contributed by atoms with E-state index in [4.69, 9.17) is 9.47 Å². The van der Waals surface area contributed by atoms with E-state index in [-0.39, 0.29) is 0 Å². The smallest absolute Gasteiger partial charge is 0.191 e. The van der Waals surface area contributed by atoms with Crippen molar-refractivity contribution in [2.24, 2.45) is 4.99 Å². The van der Waals surface area contributed by atoms with Gasteiger partial charge in [0.2, 0.25) is 0 Å². The Balaban J connectivity index is 1.70. The molecule has 1 heterocycles. The molecule has 1 fully saturated rings. The summed E-state index contributed by atoms with van der Waals surface area (Å²) in [6, 6.07) is 6.04. The zero-order chi connectivity index (χ0) is 18.6. The maximum Gasteiger partial charge on any atom is 0.191 e. The van der Waals surface area contributed by atoms with E-state index in [0.717, 1.165) is 43.5 Å². The number of aliphatic imine (C=N–C) groups is 1. The first kappa shape index (κ1) is 20.4. The summed E-state index contributed by atoms with van der Waals surface area (Å²) in [6.07, 6.45) is 6.32. The van der Waals surface area contributed by atoms with Gasteiger partial charge in [-0.3, -0.25) is 4.99 Å². The Morgan fingerprint density at radius 2 is 1.69 bits per heavy atom. The van der Waals surface area contributed by atoms with Crippen LogP contribution in [0.2, 0.25) is 0 Å². The van der Waals surface area contributed by atoms with Gasteiger partial charge in [0.1, 0.15) is 0 Å². The molecule has 0 bridgehead atoms. The van der Waals surface area contributed by atoms with E-state index >= 15 is 0 Å². The van der Waals surface area contributed by atoms with Crippen molar-refractivity contribution in [2.75, 3.05) is 54.0 Å². The largest absolute Gasteiger partial charge is 0.493 e. The summed E-state index contributed by atoms with van der Waals surface area (Å²) in [5.74, 6) is 2.39. The second-order valence-corrected chi connectivity index (χ2v) is 6.62. The van der Waals surface area contributed by atoms with E-state index < -0.39 is 0 Å². The fourth-order valence-corrected chi connectivity index (χ4v) is 3.27. The van der Waals surface area contributed by atoms with Gasteiger partial charge in [0.25, 0.3) is 0 Å². The fourth-order valence-electron chi connectivity index (χ4n) is 3.27. The molecule has 1 aromatic rings. The second-order valence-electron chi connectivity index (χ2n) is 6.62. The minimum absolute atomic E-state index is 0.759. The van der Waals surface area contributed by atoms with Gasteiger partial charge in [0.15, 0.2) is 17.5 Å². The van der Waals surface area contributed by atoms with Crippen LogP contribution in [0.3, 0.4) is 0 Å². The van der Waals surface area contributed by atoms with Gasteiger partial charge in [-0.15, -0.1) is 0 Å². The molecule has 0 saturated carbocycles. The second kappa shape index (κ2) is 11.6. The lowest BCUT2D eigenvalue weighted by Crippen LogP contribution is -2.42. The number of benzene rings is 1. The zero-order valence-corrected chi connectivity index (χ0v) is 16.5. The van der Waals surface area contributed by atoms with Gasteiger partial charge in [-0.25, -0.2) is 0 Å². The summed E-state index contributed by atoms with van der Waals surface area (Å²) in [6.45, 7) is 5.28. The van der Waals surface area contributed by atoms with E-state index in [9.17, 15) is 0 Å². The molecule has 2 rings (SSSR count). The van der Waals surface area contributed by atoms with Gasteiger partial charge in [-0.2, -0.15) is 0 Å². The maximum absolute atomic E-state index is 5.36. The predicted molar refractivity (Wildman–Crippen MR) is 108 cm³/mol. The highest BCUT2D eigenvalue weighted by Crippen LogP contribution is 2.27. The maximum atomic E-state index is 5.36. The van der Waals surface area contributed by atoms with Crippen LogP contribution in [0.15, 0.2) is 23.2 Å². The molecule has 0 radical (unpaired) electrons. The van der Waals surface area contributed by atoms with Crippen molar-refractivity contribution in [1.82, 2.24) is 15.5 Å². The van der Waals surface area contributed by atoms with Crippen LogP contribution in [0.5, 0.6) is 11.5 Å². The Hall–Kier alpha value is -1.95. The summed E-state index contributed by atoms with van der Waals surface area (Å²) in [5.41, 5.74) is 1.20. The van der Waals surface area contributed by atoms with Crippen LogP contribution in [0, 0.1) is 0 Å². The summed E-state index contributed by atoms with van der Waals surface area (Å²) in [7, 11) is 5.13. The van der Waals surface area contributed by atoms with E-state index in [1.165, 1.54) is 44.3 Å². The van der Waals surface area contributed by atoms with Crippen molar-refractivity contribution in [3.05, 3.63) is 23.8 Å². The molecule has 0 amide bonds. The lowest BCUT2D eigenvalue weighted by molar-refractivity contribution is 0.289. The van der Waals surface area contributed by atoms with Crippen molar-refractivity contribution in [1.29, 1.82) is 0 Å². The molecule has 0 spiro atoms. The third-order valence-electron chi connectivity index (χ3n) is 4.80. The number of hydrogen-bond donors (Lipinski definition) is 2. The van der Waals surface area contributed by atoms with Gasteiger partial charge >= 0.3 is 0 Å². The minimum atomic E-state index is 0.759. The number of guanidine groups is 1. The van der Waals surface area contributed by atoms with Gasteiger partial charge < -0.3 is 25.0 Å². The number of rotatable bonds is 8. The van der Waals surface area contributed by atoms with Crippen LogP contribution in [0.4, 0.5) is 0 Å². The first-order valence-electron chi connectivity index (χ1n) is 9.64. The summed E-state index contributed by atoms with van der Waals surface area (Å²) >= 11 is 0. The van der Waals surface area contributed by atoms with Crippen molar-refractivity contribution in [3.8, 4) is 11.5 Å². The molecular weight excluding hydrogens is 328 g/mol. The van der Waals surface area contributed by atoms with Crippen LogP contribution < -0.4 is 20.1 Å². The quantitative estimate of drug-likeness (QED) is 0.549. The van der Waals surface area contributed by atoms with Crippen LogP contribution in [-0.4, -0.2) is 64.9 Å². The highest BCUT2D eigenvalue weighted by Gasteiger charge is 2.09. The highest BCUT2D eigenvalue weighted by molar-refractivity contribution is 5.79. The number of hydrogen-bond acceptors (Lipinski definition) is 4. The monoisotopic (exact) mass is 362 g/mol. The molecule has 146 valence electrons. The van der Waals surface area contributed by atoms with E-state index in [1.54, 1.807) is 14.2 Å². The molecule has 1 saturated heterocycles. The highest BCUT2D eigenvalue weighted by atomic mass is 16.5. The minimum Gasteiger partial charge on any atom is -0.493 e. The third-order valence-corrected chi connectivity index (χ3v) is 4.80. The Morgan fingerprint density at radius 1 is 1.00 bits per heavy atom. The molecule has 6 heteroatoms. The Bertz CT molecular complexity index is 555. The predicted octanol–water partition coefficient (Wildman–Crippen LogP) is 2.29. The van der Waals surface area contributed by atoms with E-state index in [2.05, 4.69) is 26.6 Å². The average molecular weight is 363 g/mol. The number of ether oxygens (including phenoxy) is 2. The molecule has 0 aromatic heterocycles. The molecule has 1 aromatic carbocycles. The van der Waals surface area contributed by atoms with Crippen molar-refractivity contribution in [2.45, 2.75) is 32.1 Å². The van der Waals surface area contributed by atoms with Gasteiger partial charge in [0, 0.05) is 26.7 Å². The number of nitrogens with one attached hydrogen (secondary N) is 2. The Labute approximate surface area is 158 Å². The van der Waals surface area contributed by atoms with Gasteiger partial charge in [-0.1, -0.05) is 18.9 Å². The molecule has 1 aliphatic heterocycles. The number of nitrogens with zero attached hydrogens (tertiary/aromatic N) is 2. The average Bonchev–Trinajstić information content (AvgIpc) is 2.95. The van der Waals surface area contributed by atoms with E-state index in [1.807, 2.05) is 19.2 Å². The first-order valence-corrected chi connectivity index (χ1v) is 9.64. The topological polar surface area (TPSA) is 58.1 Å². The summed E-state index contributed by atoms with van der Waals surface area (Å²) in [4.78, 5) is 6.87. The summed E-state index contributed by atoms with van der Waals surface area (Å²) < 4.78 is 10.6. The molecular formula is C20H34N4O2. The Morgan fingerprint density at radius 3 is 2.35 bits per heavy atom. The van der Waals surface area contributed by atoms with E-state index in [0.29, 0.717) is 0 Å². The zero-order valence-electron chi connectivity index (χ0n) is 16.5. The molecule has 0 unspecified atom stereocenters. The van der Waals surface area contributed by atoms with Crippen molar-refractivity contribution >= 4 is 5.96 Å². The Kier molecular flexibility index (Phi) is 9.10. The molecule has 1 aliphatic rings. The van der Waals surface area contributed by atoms with Crippen LogP contribution in [0.1, 0.15) is 31.2 Å². The lowest BCUT2D eigenvalue weighted by atomic mass is 10.1. The SMILES string of the molecule is CN=C(NCCc1ccc(OC)c(OC)c1)NCCN1CCCCCC1.